The number of nitrogens with two attached hydrogens (primary N) is 1. The molecule has 1 aromatic heterocycles. The average Bonchev–Trinajstić information content (AvgIpc) is 2.87. The van der Waals surface area contributed by atoms with Crippen LogP contribution in [0.5, 0.6) is 5.75 Å². The number of ether oxygens (including phenoxy) is 1. The molecule has 3 rings (SSSR count). The highest BCUT2D eigenvalue weighted by atomic mass is 32.2. The Bertz CT molecular complexity index is 746. The number of nitrogens with one attached hydrogen (secondary N) is 1. The van der Waals surface area contributed by atoms with Gasteiger partial charge in [-0.25, -0.2) is 8.42 Å². The van der Waals surface area contributed by atoms with Crippen LogP contribution < -0.4 is 10.5 Å². The van der Waals surface area contributed by atoms with Crippen molar-refractivity contribution in [1.29, 1.82) is 0 Å². The zero-order chi connectivity index (χ0) is 15.0. The van der Waals surface area contributed by atoms with Crippen molar-refractivity contribution in [3.05, 3.63) is 18.3 Å². The summed E-state index contributed by atoms with van der Waals surface area (Å²) < 4.78 is 30.2. The minimum absolute atomic E-state index is 0.0228. The summed E-state index contributed by atoms with van der Waals surface area (Å²) in [5.41, 5.74) is 6.57. The summed E-state index contributed by atoms with van der Waals surface area (Å²) in [6, 6.07) is 3.72. The third-order valence-corrected chi connectivity index (χ3v) is 5.08. The highest BCUT2D eigenvalue weighted by Gasteiger charge is 2.24. The molecule has 0 aliphatic heterocycles. The van der Waals surface area contributed by atoms with Gasteiger partial charge >= 0.3 is 0 Å². The van der Waals surface area contributed by atoms with E-state index < -0.39 is 9.84 Å². The first-order chi connectivity index (χ1) is 9.95. The minimum atomic E-state index is -3.40. The van der Waals surface area contributed by atoms with Crippen molar-refractivity contribution in [3.8, 4) is 5.75 Å². The first-order valence-electron chi connectivity index (χ1n) is 7.03. The van der Waals surface area contributed by atoms with E-state index in [1.807, 2.05) is 0 Å². The molecule has 1 saturated carbocycles. The number of aromatic nitrogens is 2. The van der Waals surface area contributed by atoms with Crippen molar-refractivity contribution in [2.45, 2.75) is 42.7 Å². The van der Waals surface area contributed by atoms with Crippen LogP contribution in [0, 0.1) is 0 Å². The maximum absolute atomic E-state index is 12.1. The van der Waals surface area contributed by atoms with Gasteiger partial charge in [0.25, 0.3) is 0 Å². The van der Waals surface area contributed by atoms with E-state index in [0.717, 1.165) is 25.7 Å². The van der Waals surface area contributed by atoms with Gasteiger partial charge in [-0.05, 0) is 37.8 Å². The molecule has 0 spiro atoms. The molecule has 1 aromatic carbocycles. The number of hydrogen-bond donors (Lipinski definition) is 2. The van der Waals surface area contributed by atoms with Crippen molar-refractivity contribution >= 4 is 20.7 Å². The van der Waals surface area contributed by atoms with Crippen LogP contribution in [0.3, 0.4) is 0 Å². The lowest BCUT2D eigenvalue weighted by Gasteiger charge is -2.27. The second kappa shape index (κ2) is 5.31. The summed E-state index contributed by atoms with van der Waals surface area (Å²) in [4.78, 5) is 0.212. The number of H-pyrrole nitrogens is 1. The van der Waals surface area contributed by atoms with E-state index in [1.165, 1.54) is 12.5 Å². The van der Waals surface area contributed by atoms with Crippen molar-refractivity contribution in [3.63, 3.8) is 0 Å². The van der Waals surface area contributed by atoms with Crippen LogP contribution in [-0.2, 0) is 9.84 Å². The van der Waals surface area contributed by atoms with Crippen molar-refractivity contribution in [2.75, 3.05) is 6.26 Å². The lowest BCUT2D eigenvalue weighted by Crippen LogP contribution is -2.31. The van der Waals surface area contributed by atoms with Gasteiger partial charge in [0.2, 0.25) is 0 Å². The van der Waals surface area contributed by atoms with Crippen LogP contribution in [0.15, 0.2) is 23.2 Å². The van der Waals surface area contributed by atoms with E-state index in [1.54, 1.807) is 12.1 Å². The SMILES string of the molecule is CS(=O)(=O)c1c(O[C@H]2CC[C@@H](N)CC2)ccc2[nH]ncc12. The van der Waals surface area contributed by atoms with Gasteiger partial charge in [0, 0.05) is 17.7 Å². The third-order valence-electron chi connectivity index (χ3n) is 3.92. The standard InChI is InChI=1S/C14H19N3O3S/c1-21(18,19)14-11-8-16-17-12(11)6-7-13(14)20-10-4-2-9(15)3-5-10/h6-10H,2-5,15H2,1H3,(H,16,17)/t9-,10+. The molecule has 1 aliphatic carbocycles. The Morgan fingerprint density at radius 3 is 2.67 bits per heavy atom. The summed E-state index contributed by atoms with van der Waals surface area (Å²) in [5.74, 6) is 0.409. The fourth-order valence-corrected chi connectivity index (χ4v) is 3.88. The van der Waals surface area contributed by atoms with Crippen molar-refractivity contribution in [1.82, 2.24) is 10.2 Å². The zero-order valence-corrected chi connectivity index (χ0v) is 12.7. The van der Waals surface area contributed by atoms with Gasteiger partial charge in [0.05, 0.1) is 17.8 Å². The van der Waals surface area contributed by atoms with Gasteiger partial charge in [-0.3, -0.25) is 5.10 Å². The second-order valence-electron chi connectivity index (χ2n) is 5.65. The van der Waals surface area contributed by atoms with Gasteiger partial charge in [0.1, 0.15) is 10.6 Å². The summed E-state index contributed by atoms with van der Waals surface area (Å²) in [6.45, 7) is 0. The summed E-state index contributed by atoms with van der Waals surface area (Å²) in [6.07, 6.45) is 6.27. The molecule has 21 heavy (non-hydrogen) atoms. The molecule has 3 N–H and O–H groups in total. The van der Waals surface area contributed by atoms with E-state index in [2.05, 4.69) is 10.2 Å². The molecule has 7 heteroatoms. The lowest BCUT2D eigenvalue weighted by molar-refractivity contribution is 0.143. The monoisotopic (exact) mass is 309 g/mol. The molecule has 2 aromatic rings. The summed E-state index contributed by atoms with van der Waals surface area (Å²) >= 11 is 0. The maximum Gasteiger partial charge on any atom is 0.179 e. The molecule has 0 amide bonds. The molecule has 1 heterocycles. The molecule has 0 atom stereocenters. The van der Waals surface area contributed by atoms with Crippen LogP contribution in [0.4, 0.5) is 0 Å². The van der Waals surface area contributed by atoms with E-state index >= 15 is 0 Å². The van der Waals surface area contributed by atoms with Crippen LogP contribution in [0.1, 0.15) is 25.7 Å². The van der Waals surface area contributed by atoms with E-state index in [9.17, 15) is 8.42 Å². The van der Waals surface area contributed by atoms with E-state index in [0.29, 0.717) is 16.7 Å². The Hall–Kier alpha value is -1.60. The van der Waals surface area contributed by atoms with Crippen LogP contribution >= 0.6 is 0 Å². The smallest absolute Gasteiger partial charge is 0.179 e. The number of aromatic amines is 1. The first-order valence-corrected chi connectivity index (χ1v) is 8.92. The number of sulfone groups is 1. The molecule has 1 aliphatic rings. The normalized spacial score (nSPS) is 23.3. The highest BCUT2D eigenvalue weighted by molar-refractivity contribution is 7.91. The van der Waals surface area contributed by atoms with Gasteiger partial charge in [-0.15, -0.1) is 0 Å². The van der Waals surface area contributed by atoms with Gasteiger partial charge in [0.15, 0.2) is 9.84 Å². The molecule has 114 valence electrons. The molecule has 0 bridgehead atoms. The summed E-state index contributed by atoms with van der Waals surface area (Å²) in [5, 5.41) is 7.27. The number of benzene rings is 1. The topological polar surface area (TPSA) is 98.1 Å². The zero-order valence-electron chi connectivity index (χ0n) is 11.9. The second-order valence-corrected chi connectivity index (χ2v) is 7.60. The molecule has 1 fully saturated rings. The molecule has 6 nitrogen and oxygen atoms in total. The van der Waals surface area contributed by atoms with Crippen molar-refractivity contribution in [2.24, 2.45) is 5.73 Å². The number of fused-ring (bicyclic) bond motifs is 1. The number of nitrogens with zero attached hydrogens (tertiary/aromatic N) is 1. The molecular formula is C14H19N3O3S. The fourth-order valence-electron chi connectivity index (χ4n) is 2.83. The first kappa shape index (κ1) is 14.3. The van der Waals surface area contributed by atoms with Crippen LogP contribution in [-0.4, -0.2) is 37.0 Å². The van der Waals surface area contributed by atoms with Gasteiger partial charge < -0.3 is 10.5 Å². The third kappa shape index (κ3) is 2.89. The molecule has 0 radical (unpaired) electrons. The number of rotatable bonds is 3. The largest absolute Gasteiger partial charge is 0.489 e. The average molecular weight is 309 g/mol. The van der Waals surface area contributed by atoms with Gasteiger partial charge in [-0.2, -0.15) is 5.10 Å². The summed E-state index contributed by atoms with van der Waals surface area (Å²) in [7, 11) is -3.40. The minimum Gasteiger partial charge on any atom is -0.489 e. The van der Waals surface area contributed by atoms with Crippen molar-refractivity contribution < 1.29 is 13.2 Å². The quantitative estimate of drug-likeness (QED) is 0.897. The highest BCUT2D eigenvalue weighted by Crippen LogP contribution is 2.33. The van der Waals surface area contributed by atoms with E-state index in [4.69, 9.17) is 10.5 Å². The Kier molecular flexibility index (Phi) is 3.62. The predicted molar refractivity (Wildman–Crippen MR) is 80.1 cm³/mol. The van der Waals surface area contributed by atoms with Crippen LogP contribution in [0.2, 0.25) is 0 Å². The Labute approximate surface area is 123 Å². The molecular weight excluding hydrogens is 290 g/mol. The number of hydrogen-bond acceptors (Lipinski definition) is 5. The molecule has 0 saturated heterocycles. The Morgan fingerprint density at radius 2 is 2.00 bits per heavy atom. The maximum atomic E-state index is 12.1. The molecule has 0 unspecified atom stereocenters. The fraction of sp³-hybridized carbons (Fsp3) is 0.500. The Morgan fingerprint density at radius 1 is 1.29 bits per heavy atom. The predicted octanol–water partition coefficient (Wildman–Crippen LogP) is 1.62. The van der Waals surface area contributed by atoms with Crippen LogP contribution in [0.25, 0.3) is 10.9 Å². The van der Waals surface area contributed by atoms with E-state index in [-0.39, 0.29) is 17.0 Å². The lowest BCUT2D eigenvalue weighted by atomic mass is 9.94. The Balaban J connectivity index is 1.98. The van der Waals surface area contributed by atoms with Gasteiger partial charge in [-0.1, -0.05) is 0 Å².